The largest absolute Gasteiger partial charge is 0.472 e. The number of phosphoric ester groups is 2. The van der Waals surface area contributed by atoms with E-state index in [1.54, 1.807) is 0 Å². The van der Waals surface area contributed by atoms with Gasteiger partial charge in [-0.2, -0.15) is 0 Å². The lowest BCUT2D eigenvalue weighted by Gasteiger charge is -2.21. The van der Waals surface area contributed by atoms with Gasteiger partial charge in [0.15, 0.2) is 12.2 Å². The summed E-state index contributed by atoms with van der Waals surface area (Å²) in [5, 5.41) is 10.7. The fraction of sp³-hybridized carbons (Fsp3) is 0.955. The molecule has 0 radical (unpaired) electrons. The van der Waals surface area contributed by atoms with Gasteiger partial charge in [0.05, 0.1) is 26.4 Å². The van der Waals surface area contributed by atoms with E-state index in [2.05, 4.69) is 55.4 Å². The summed E-state index contributed by atoms with van der Waals surface area (Å²) in [5.74, 6) is 1.14. The van der Waals surface area contributed by atoms with Crippen molar-refractivity contribution in [2.24, 2.45) is 23.7 Å². The van der Waals surface area contributed by atoms with Crippen LogP contribution in [-0.2, 0) is 65.4 Å². The molecule has 0 bridgehead atoms. The molecule has 0 heterocycles. The SMILES string of the molecule is CCC(C)CCCCCCCCCCCCCCCCCCCCC(=O)O[C@H](COC(=O)CCCCCCCCCCCCCCCCC(C)C)COP(=O)(O)OC[C@@H](O)COP(=O)(O)OC[C@@H](COC(=O)CCCCCCCCCCC(C)CC)OC(=O)CCCCCCCCCCCCCCCCC(C)C. The summed E-state index contributed by atoms with van der Waals surface area (Å²) in [5.41, 5.74) is 0. The highest BCUT2D eigenvalue weighted by atomic mass is 31.2. The molecule has 0 amide bonds. The molecule has 108 heavy (non-hydrogen) atoms. The van der Waals surface area contributed by atoms with Crippen molar-refractivity contribution in [2.45, 2.75) is 485 Å². The molecular weight excluding hydrogens is 1400 g/mol. The van der Waals surface area contributed by atoms with Crippen LogP contribution in [0.3, 0.4) is 0 Å². The van der Waals surface area contributed by atoms with E-state index in [0.29, 0.717) is 25.7 Å². The number of hydrogen-bond acceptors (Lipinski definition) is 15. The van der Waals surface area contributed by atoms with Crippen molar-refractivity contribution in [3.63, 3.8) is 0 Å². The summed E-state index contributed by atoms with van der Waals surface area (Å²) in [6, 6.07) is 0. The third-order valence-electron chi connectivity index (χ3n) is 21.5. The van der Waals surface area contributed by atoms with Crippen molar-refractivity contribution in [1.82, 2.24) is 0 Å². The number of carbonyl (C=O) groups excluding carboxylic acids is 4. The van der Waals surface area contributed by atoms with Crippen LogP contribution in [0.2, 0.25) is 0 Å². The van der Waals surface area contributed by atoms with Crippen LogP contribution in [-0.4, -0.2) is 96.7 Å². The van der Waals surface area contributed by atoms with Gasteiger partial charge in [-0.3, -0.25) is 37.3 Å². The maximum Gasteiger partial charge on any atom is 0.472 e. The molecule has 0 spiro atoms. The van der Waals surface area contributed by atoms with Crippen LogP contribution < -0.4 is 0 Å². The number of esters is 4. The number of carbonyl (C=O) groups is 4. The Labute approximate surface area is 664 Å². The Morgan fingerprint density at radius 2 is 0.444 bits per heavy atom. The van der Waals surface area contributed by atoms with Gasteiger partial charge in [-0.15, -0.1) is 0 Å². The lowest BCUT2D eigenvalue weighted by molar-refractivity contribution is -0.161. The first kappa shape index (κ1) is 106. The molecule has 0 aliphatic heterocycles. The van der Waals surface area contributed by atoms with Gasteiger partial charge in [-0.1, -0.05) is 415 Å². The molecule has 3 N–H and O–H groups in total. The minimum atomic E-state index is -4.97. The third-order valence-corrected chi connectivity index (χ3v) is 23.4. The maximum absolute atomic E-state index is 13.2. The molecule has 642 valence electrons. The number of hydrogen-bond donors (Lipinski definition) is 3. The van der Waals surface area contributed by atoms with Crippen LogP contribution in [0, 0.1) is 23.7 Å². The van der Waals surface area contributed by atoms with Crippen LogP contribution in [0.25, 0.3) is 0 Å². The quantitative estimate of drug-likeness (QED) is 0.0222. The van der Waals surface area contributed by atoms with Gasteiger partial charge in [0, 0.05) is 25.7 Å². The van der Waals surface area contributed by atoms with Gasteiger partial charge in [0.2, 0.25) is 0 Å². The Morgan fingerprint density at radius 1 is 0.259 bits per heavy atom. The van der Waals surface area contributed by atoms with Crippen LogP contribution in [0.15, 0.2) is 0 Å². The second-order valence-corrected chi connectivity index (χ2v) is 36.3. The number of ether oxygens (including phenoxy) is 4. The normalized spacial score (nSPS) is 14.4. The third kappa shape index (κ3) is 79.3. The van der Waals surface area contributed by atoms with Crippen LogP contribution >= 0.6 is 15.6 Å². The standard InChI is InChI=1S/C89H174O17P2/c1-9-81(7)67-59-51-43-35-29-23-15-13-11-12-14-16-25-31-37-47-55-63-71-88(93)105-84(75-99-86(91)69-61-53-45-36-30-24-19-17-21-27-33-41-49-57-65-79(3)4)77-103-107(95,96)101-73-83(90)74-102-108(97,98)104-78-85(76-100-87(92)70-62-54-46-40-39-44-52-60-68-82(8)10-2)106-89(94)72-64-56-48-38-32-26-20-18-22-28-34-42-50-58-66-80(5)6/h79-85,90H,9-78H2,1-8H3,(H,95,96)(H,97,98)/t81?,82?,83-,84-,85-/m1/s1. The van der Waals surface area contributed by atoms with E-state index in [9.17, 15) is 43.2 Å². The summed E-state index contributed by atoms with van der Waals surface area (Å²) < 4.78 is 69.0. The lowest BCUT2D eigenvalue weighted by Crippen LogP contribution is -2.30. The summed E-state index contributed by atoms with van der Waals surface area (Å²) in [6.07, 6.45) is 67.9. The van der Waals surface area contributed by atoms with E-state index >= 15 is 0 Å². The Hall–Kier alpha value is -1.94. The zero-order chi connectivity index (χ0) is 79.5. The Kier molecular flexibility index (Phi) is 76.2. The van der Waals surface area contributed by atoms with Gasteiger partial charge in [0.25, 0.3) is 0 Å². The first-order valence-corrected chi connectivity index (χ1v) is 48.8. The first-order valence-electron chi connectivity index (χ1n) is 45.8. The molecule has 17 nitrogen and oxygen atoms in total. The van der Waals surface area contributed by atoms with E-state index in [1.807, 2.05) is 0 Å². The molecular formula is C89H174O17P2. The average molecular weight is 1580 g/mol. The molecule has 0 saturated carbocycles. The van der Waals surface area contributed by atoms with E-state index in [0.717, 1.165) is 114 Å². The minimum Gasteiger partial charge on any atom is -0.462 e. The highest BCUT2D eigenvalue weighted by Crippen LogP contribution is 2.45. The van der Waals surface area contributed by atoms with Gasteiger partial charge in [0.1, 0.15) is 19.3 Å². The molecule has 19 heteroatoms. The van der Waals surface area contributed by atoms with Gasteiger partial charge >= 0.3 is 39.5 Å². The second-order valence-electron chi connectivity index (χ2n) is 33.4. The number of aliphatic hydroxyl groups excluding tert-OH is 1. The van der Waals surface area contributed by atoms with Crippen LogP contribution in [0.4, 0.5) is 0 Å². The number of unbranched alkanes of at least 4 members (excludes halogenated alkanes) is 50. The topological polar surface area (TPSA) is 237 Å². The summed E-state index contributed by atoms with van der Waals surface area (Å²) in [4.78, 5) is 73.4. The summed E-state index contributed by atoms with van der Waals surface area (Å²) in [6.45, 7) is 14.4. The maximum atomic E-state index is 13.2. The van der Waals surface area contributed by atoms with Crippen molar-refractivity contribution < 1.29 is 80.2 Å². The van der Waals surface area contributed by atoms with Crippen molar-refractivity contribution >= 4 is 39.5 Å². The number of rotatable bonds is 86. The molecule has 0 aliphatic rings. The van der Waals surface area contributed by atoms with Crippen LogP contribution in [0.5, 0.6) is 0 Å². The van der Waals surface area contributed by atoms with Crippen molar-refractivity contribution in [3.8, 4) is 0 Å². The van der Waals surface area contributed by atoms with Gasteiger partial charge in [-0.05, 0) is 49.4 Å². The highest BCUT2D eigenvalue weighted by molar-refractivity contribution is 7.47. The molecule has 0 aromatic heterocycles. The van der Waals surface area contributed by atoms with E-state index in [1.165, 1.54) is 270 Å². The molecule has 0 aromatic rings. The molecule has 4 unspecified atom stereocenters. The summed E-state index contributed by atoms with van der Waals surface area (Å²) in [7, 11) is -9.94. The molecule has 0 aromatic carbocycles. The lowest BCUT2D eigenvalue weighted by atomic mass is 9.99. The van der Waals surface area contributed by atoms with Crippen molar-refractivity contribution in [1.29, 1.82) is 0 Å². The Morgan fingerprint density at radius 3 is 0.657 bits per heavy atom. The molecule has 0 fully saturated rings. The van der Waals surface area contributed by atoms with Gasteiger partial charge in [-0.25, -0.2) is 9.13 Å². The fourth-order valence-corrected chi connectivity index (χ4v) is 15.4. The second kappa shape index (κ2) is 77.6. The van der Waals surface area contributed by atoms with E-state index < -0.39 is 97.5 Å². The molecule has 0 rings (SSSR count). The monoisotopic (exact) mass is 1580 g/mol. The average Bonchev–Trinajstić information content (AvgIpc) is 0.902. The fourth-order valence-electron chi connectivity index (χ4n) is 13.8. The predicted molar refractivity (Wildman–Crippen MR) is 446 cm³/mol. The zero-order valence-electron chi connectivity index (χ0n) is 71.5. The first-order chi connectivity index (χ1) is 52.2. The predicted octanol–water partition coefficient (Wildman–Crippen LogP) is 27.1. The molecule has 7 atom stereocenters. The molecule has 0 saturated heterocycles. The Bertz CT molecular complexity index is 2100. The molecule has 0 aliphatic carbocycles. The number of aliphatic hydroxyl groups is 1. The van der Waals surface area contributed by atoms with Crippen LogP contribution in [0.1, 0.15) is 466 Å². The Balaban J connectivity index is 5.26. The van der Waals surface area contributed by atoms with Crippen molar-refractivity contribution in [3.05, 3.63) is 0 Å². The van der Waals surface area contributed by atoms with E-state index in [-0.39, 0.29) is 25.7 Å². The summed E-state index contributed by atoms with van der Waals surface area (Å²) >= 11 is 0. The smallest absolute Gasteiger partial charge is 0.462 e. The highest BCUT2D eigenvalue weighted by Gasteiger charge is 2.31. The zero-order valence-corrected chi connectivity index (χ0v) is 73.3. The number of phosphoric acid groups is 2. The van der Waals surface area contributed by atoms with Gasteiger partial charge < -0.3 is 33.8 Å². The van der Waals surface area contributed by atoms with Crippen molar-refractivity contribution in [2.75, 3.05) is 39.6 Å². The minimum absolute atomic E-state index is 0.107. The van der Waals surface area contributed by atoms with E-state index in [4.69, 9.17) is 37.0 Å².